The second-order valence-corrected chi connectivity index (χ2v) is 5.07. The van der Waals surface area contributed by atoms with Crippen LogP contribution in [0.1, 0.15) is 10.4 Å². The Kier molecular flexibility index (Phi) is 2.69. The fraction of sp³-hybridized carbons (Fsp3) is 0. The zero-order valence-electron chi connectivity index (χ0n) is 11.6. The summed E-state index contributed by atoms with van der Waals surface area (Å²) < 4.78 is 1.96. The van der Waals surface area contributed by atoms with Crippen molar-refractivity contribution >= 4 is 27.8 Å². The minimum atomic E-state index is -0.959. The molecule has 106 valence electrons. The van der Waals surface area contributed by atoms with Crippen molar-refractivity contribution in [1.82, 2.24) is 9.55 Å². The number of hydrogen-bond acceptors (Lipinski definition) is 2. The van der Waals surface area contributed by atoms with Crippen LogP contribution in [0, 0.1) is 0 Å². The topological polar surface area (TPSA) is 55.1 Å². The van der Waals surface area contributed by atoms with Gasteiger partial charge in [-0.2, -0.15) is 0 Å². The highest BCUT2D eigenvalue weighted by molar-refractivity contribution is 6.10. The summed E-state index contributed by atoms with van der Waals surface area (Å²) in [7, 11) is 0. The molecule has 0 aliphatic heterocycles. The second-order valence-electron chi connectivity index (χ2n) is 5.07. The predicted molar refractivity (Wildman–Crippen MR) is 85.5 cm³/mol. The van der Waals surface area contributed by atoms with Crippen LogP contribution in [0.3, 0.4) is 0 Å². The van der Waals surface area contributed by atoms with E-state index in [0.717, 1.165) is 21.8 Å². The van der Waals surface area contributed by atoms with E-state index < -0.39 is 5.97 Å². The highest BCUT2D eigenvalue weighted by atomic mass is 16.4. The van der Waals surface area contributed by atoms with Gasteiger partial charge in [0.2, 0.25) is 0 Å². The molecular weight excluding hydrogens is 276 g/mol. The summed E-state index contributed by atoms with van der Waals surface area (Å²) in [6.45, 7) is 0. The molecule has 4 rings (SSSR count). The lowest BCUT2D eigenvalue weighted by Crippen LogP contribution is -2.05. The van der Waals surface area contributed by atoms with Crippen molar-refractivity contribution in [3.8, 4) is 5.69 Å². The summed E-state index contributed by atoms with van der Waals surface area (Å²) in [6.07, 6.45) is 3.10. The van der Waals surface area contributed by atoms with Gasteiger partial charge in [0.1, 0.15) is 0 Å². The maximum atomic E-state index is 11.5. The van der Waals surface area contributed by atoms with Crippen LogP contribution in [0.15, 0.2) is 67.0 Å². The van der Waals surface area contributed by atoms with Crippen molar-refractivity contribution in [3.05, 3.63) is 72.6 Å². The van der Waals surface area contributed by atoms with Gasteiger partial charge in [-0.3, -0.25) is 4.98 Å². The first kappa shape index (κ1) is 12.6. The molecule has 0 fully saturated rings. The van der Waals surface area contributed by atoms with Crippen LogP contribution >= 0.6 is 0 Å². The van der Waals surface area contributed by atoms with Gasteiger partial charge in [0.25, 0.3) is 0 Å². The van der Waals surface area contributed by atoms with Crippen molar-refractivity contribution in [2.75, 3.05) is 0 Å². The fourth-order valence-corrected chi connectivity index (χ4v) is 2.93. The van der Waals surface area contributed by atoms with Crippen LogP contribution in [0.5, 0.6) is 0 Å². The normalized spacial score (nSPS) is 11.1. The van der Waals surface area contributed by atoms with E-state index in [1.54, 1.807) is 6.20 Å². The number of fused-ring (bicyclic) bond motifs is 3. The number of aromatic carboxylic acids is 1. The van der Waals surface area contributed by atoms with E-state index in [9.17, 15) is 9.90 Å². The summed E-state index contributed by atoms with van der Waals surface area (Å²) in [6, 6.07) is 17.5. The SMILES string of the molecule is O=C(O)c1ccncc1-n1c2ccccc2c2ccccc21. The Morgan fingerprint density at radius 2 is 1.50 bits per heavy atom. The van der Waals surface area contributed by atoms with Crippen LogP contribution < -0.4 is 0 Å². The molecule has 4 heteroatoms. The highest BCUT2D eigenvalue weighted by Crippen LogP contribution is 2.32. The Labute approximate surface area is 126 Å². The molecule has 0 radical (unpaired) electrons. The third-order valence-electron chi connectivity index (χ3n) is 3.85. The molecule has 0 saturated carbocycles. The van der Waals surface area contributed by atoms with Crippen LogP contribution in [0.2, 0.25) is 0 Å². The van der Waals surface area contributed by atoms with Gasteiger partial charge in [-0.1, -0.05) is 36.4 Å². The summed E-state index contributed by atoms with van der Waals surface area (Å²) in [5.74, 6) is -0.959. The maximum Gasteiger partial charge on any atom is 0.337 e. The van der Waals surface area contributed by atoms with Gasteiger partial charge < -0.3 is 9.67 Å². The van der Waals surface area contributed by atoms with Crippen LogP contribution in [-0.2, 0) is 0 Å². The fourth-order valence-electron chi connectivity index (χ4n) is 2.93. The van der Waals surface area contributed by atoms with Gasteiger partial charge in [0.15, 0.2) is 0 Å². The third-order valence-corrected chi connectivity index (χ3v) is 3.85. The summed E-state index contributed by atoms with van der Waals surface area (Å²) in [4.78, 5) is 15.7. The highest BCUT2D eigenvalue weighted by Gasteiger charge is 2.16. The number of carboxylic acid groups (broad SMARTS) is 1. The molecule has 0 unspecified atom stereocenters. The first-order valence-electron chi connectivity index (χ1n) is 6.93. The molecule has 0 aliphatic carbocycles. The molecule has 22 heavy (non-hydrogen) atoms. The zero-order chi connectivity index (χ0) is 15.1. The van der Waals surface area contributed by atoms with E-state index in [1.165, 1.54) is 12.3 Å². The Bertz CT molecular complexity index is 965. The number of rotatable bonds is 2. The number of benzene rings is 2. The molecule has 2 aromatic heterocycles. The van der Waals surface area contributed by atoms with E-state index in [2.05, 4.69) is 4.98 Å². The average Bonchev–Trinajstić information content (AvgIpc) is 2.89. The molecule has 0 spiro atoms. The van der Waals surface area contributed by atoms with Crippen molar-refractivity contribution in [2.45, 2.75) is 0 Å². The average molecular weight is 288 g/mol. The molecular formula is C18H12N2O2. The van der Waals surface area contributed by atoms with Crippen LogP contribution in [-0.4, -0.2) is 20.6 Å². The predicted octanol–water partition coefficient (Wildman–Crippen LogP) is 3.88. The van der Waals surface area contributed by atoms with Crippen molar-refractivity contribution < 1.29 is 9.90 Å². The first-order chi connectivity index (χ1) is 10.8. The summed E-state index contributed by atoms with van der Waals surface area (Å²) >= 11 is 0. The molecule has 0 amide bonds. The lowest BCUT2D eigenvalue weighted by Gasteiger charge is -2.10. The number of carboxylic acids is 1. The second kappa shape index (κ2) is 4.70. The van der Waals surface area contributed by atoms with E-state index in [1.807, 2.05) is 53.1 Å². The number of pyridine rings is 1. The molecule has 4 nitrogen and oxygen atoms in total. The van der Waals surface area contributed by atoms with E-state index >= 15 is 0 Å². The number of carbonyl (C=O) groups is 1. The largest absolute Gasteiger partial charge is 0.478 e. The van der Waals surface area contributed by atoms with Crippen molar-refractivity contribution in [3.63, 3.8) is 0 Å². The van der Waals surface area contributed by atoms with E-state index in [-0.39, 0.29) is 5.56 Å². The van der Waals surface area contributed by atoms with Crippen LogP contribution in [0.25, 0.3) is 27.5 Å². The van der Waals surface area contributed by atoms with Crippen molar-refractivity contribution in [1.29, 1.82) is 0 Å². The number of aromatic nitrogens is 2. The standard InChI is InChI=1S/C18H12N2O2/c21-18(22)14-9-10-19-11-17(14)20-15-7-3-1-5-12(15)13-6-2-4-8-16(13)20/h1-11H,(H,21,22). The molecule has 4 aromatic rings. The van der Waals surface area contributed by atoms with Gasteiger partial charge in [-0.25, -0.2) is 4.79 Å². The smallest absolute Gasteiger partial charge is 0.337 e. The van der Waals surface area contributed by atoms with Gasteiger partial charge >= 0.3 is 5.97 Å². The van der Waals surface area contributed by atoms with Crippen molar-refractivity contribution in [2.24, 2.45) is 0 Å². The summed E-state index contributed by atoms with van der Waals surface area (Å²) in [5.41, 5.74) is 2.76. The summed E-state index contributed by atoms with van der Waals surface area (Å²) in [5, 5.41) is 11.7. The molecule has 2 heterocycles. The van der Waals surface area contributed by atoms with E-state index in [4.69, 9.17) is 0 Å². The molecule has 2 aromatic carbocycles. The molecule has 0 aliphatic rings. The monoisotopic (exact) mass is 288 g/mol. The van der Waals surface area contributed by atoms with Gasteiger partial charge in [0, 0.05) is 17.0 Å². The molecule has 0 atom stereocenters. The Balaban J connectivity index is 2.21. The minimum absolute atomic E-state index is 0.238. The minimum Gasteiger partial charge on any atom is -0.478 e. The molecule has 0 bridgehead atoms. The third kappa shape index (κ3) is 1.71. The zero-order valence-corrected chi connectivity index (χ0v) is 11.6. The quantitative estimate of drug-likeness (QED) is 0.609. The molecule has 1 N–H and O–H groups in total. The van der Waals surface area contributed by atoms with Crippen LogP contribution in [0.4, 0.5) is 0 Å². The maximum absolute atomic E-state index is 11.5. The Morgan fingerprint density at radius 3 is 2.09 bits per heavy atom. The Hall–Kier alpha value is -3.14. The number of nitrogens with zero attached hydrogens (tertiary/aromatic N) is 2. The number of hydrogen-bond donors (Lipinski definition) is 1. The van der Waals surface area contributed by atoms with Gasteiger partial charge in [-0.15, -0.1) is 0 Å². The number of para-hydroxylation sites is 2. The van der Waals surface area contributed by atoms with Gasteiger partial charge in [-0.05, 0) is 18.2 Å². The lowest BCUT2D eigenvalue weighted by molar-refractivity contribution is 0.0697. The van der Waals surface area contributed by atoms with Gasteiger partial charge in [0.05, 0.1) is 28.5 Å². The lowest BCUT2D eigenvalue weighted by atomic mass is 10.2. The first-order valence-corrected chi connectivity index (χ1v) is 6.93. The van der Waals surface area contributed by atoms with E-state index in [0.29, 0.717) is 5.69 Å². The Morgan fingerprint density at radius 1 is 0.909 bits per heavy atom. The molecule has 0 saturated heterocycles.